The van der Waals surface area contributed by atoms with Gasteiger partial charge >= 0.3 is 0 Å². The topological polar surface area (TPSA) is 104 Å². The number of benzene rings is 2. The first-order valence-electron chi connectivity index (χ1n) is 8.21. The molecule has 28 heavy (non-hydrogen) atoms. The van der Waals surface area contributed by atoms with Gasteiger partial charge in [-0.2, -0.15) is 15.0 Å². The van der Waals surface area contributed by atoms with Crippen molar-refractivity contribution in [2.45, 2.75) is 6.92 Å². The summed E-state index contributed by atoms with van der Waals surface area (Å²) < 4.78 is 33.9. The first-order chi connectivity index (χ1) is 13.4. The highest BCUT2D eigenvalue weighted by Crippen LogP contribution is 2.24. The van der Waals surface area contributed by atoms with Crippen molar-refractivity contribution in [2.24, 2.45) is 0 Å². The third-order valence-electron chi connectivity index (χ3n) is 4.05. The number of nitrogens with one attached hydrogen (secondary N) is 1. The van der Waals surface area contributed by atoms with Gasteiger partial charge in [0.15, 0.2) is 11.6 Å². The van der Waals surface area contributed by atoms with Crippen LogP contribution in [-0.4, -0.2) is 31.6 Å². The summed E-state index contributed by atoms with van der Waals surface area (Å²) in [5.74, 6) is -0.533. The van der Waals surface area contributed by atoms with E-state index in [1.54, 1.807) is 38.3 Å². The Morgan fingerprint density at radius 2 is 1.71 bits per heavy atom. The molecule has 0 saturated carbocycles. The molecule has 0 aliphatic heterocycles. The molecule has 0 fully saturated rings. The number of nitrogens with zero attached hydrogens (tertiary/aromatic N) is 5. The van der Waals surface area contributed by atoms with Crippen molar-refractivity contribution in [1.82, 2.24) is 24.5 Å². The highest BCUT2D eigenvalue weighted by atomic mass is 19.2. The van der Waals surface area contributed by atoms with Gasteiger partial charge in [-0.3, -0.25) is 4.57 Å². The number of nitrogen functional groups attached to an aromatic ring is 1. The van der Waals surface area contributed by atoms with E-state index >= 15 is 0 Å². The fourth-order valence-electron chi connectivity index (χ4n) is 2.79. The van der Waals surface area contributed by atoms with Gasteiger partial charge in [-0.25, -0.2) is 13.8 Å². The van der Waals surface area contributed by atoms with Crippen molar-refractivity contribution in [3.8, 4) is 11.7 Å². The number of hydrogen-bond donors (Lipinski definition) is 2. The van der Waals surface area contributed by atoms with Crippen LogP contribution in [0.4, 0.5) is 26.4 Å². The number of hydrogen-bond acceptors (Lipinski definition) is 7. The van der Waals surface area contributed by atoms with Crippen LogP contribution in [0.3, 0.4) is 0 Å². The van der Waals surface area contributed by atoms with Crippen molar-refractivity contribution in [3.05, 3.63) is 53.9 Å². The maximum absolute atomic E-state index is 13.7. The summed E-state index contributed by atoms with van der Waals surface area (Å²) in [4.78, 5) is 16.8. The van der Waals surface area contributed by atoms with E-state index in [0.717, 1.165) is 12.1 Å². The number of anilines is 3. The van der Waals surface area contributed by atoms with Crippen molar-refractivity contribution in [3.63, 3.8) is 0 Å². The van der Waals surface area contributed by atoms with Crippen LogP contribution >= 0.6 is 0 Å². The molecule has 0 amide bonds. The molecule has 0 aliphatic carbocycles. The second-order valence-electron chi connectivity index (χ2n) is 5.92. The summed E-state index contributed by atoms with van der Waals surface area (Å²) >= 11 is 0. The molecule has 4 aromatic rings. The van der Waals surface area contributed by atoms with E-state index in [-0.39, 0.29) is 23.4 Å². The summed E-state index contributed by atoms with van der Waals surface area (Å²) in [6.07, 6.45) is 0. The summed E-state index contributed by atoms with van der Waals surface area (Å²) in [6.45, 7) is 1.67. The molecule has 0 saturated heterocycles. The van der Waals surface area contributed by atoms with Crippen LogP contribution < -0.4 is 15.8 Å². The van der Waals surface area contributed by atoms with Gasteiger partial charge in [0.05, 0.1) is 18.1 Å². The first kappa shape index (κ1) is 17.6. The molecule has 2 aromatic heterocycles. The minimum atomic E-state index is -0.993. The highest BCUT2D eigenvalue weighted by Gasteiger charge is 2.16. The minimum absolute atomic E-state index is 0.0372. The average Bonchev–Trinajstić information content (AvgIpc) is 2.97. The van der Waals surface area contributed by atoms with Crippen molar-refractivity contribution >= 4 is 28.6 Å². The first-order valence-corrected chi connectivity index (χ1v) is 8.21. The quantitative estimate of drug-likeness (QED) is 0.558. The van der Waals surface area contributed by atoms with E-state index in [0.29, 0.717) is 22.8 Å². The number of aromatic nitrogens is 5. The number of fused-ring (bicyclic) bond motifs is 1. The molecule has 2 heterocycles. The zero-order valence-electron chi connectivity index (χ0n) is 14.9. The molecule has 8 nitrogen and oxygen atoms in total. The Kier molecular flexibility index (Phi) is 4.22. The Hall–Kier alpha value is -3.82. The fourth-order valence-corrected chi connectivity index (χ4v) is 2.79. The number of nitrogens with two attached hydrogens (primary N) is 1. The Balaban J connectivity index is 1.78. The molecule has 0 spiro atoms. The van der Waals surface area contributed by atoms with Gasteiger partial charge in [0.2, 0.25) is 17.8 Å². The zero-order valence-corrected chi connectivity index (χ0v) is 14.9. The number of imidazole rings is 1. The molecule has 0 radical (unpaired) electrons. The van der Waals surface area contributed by atoms with Gasteiger partial charge in [0, 0.05) is 17.8 Å². The number of aryl methyl sites for hydroxylation is 1. The zero-order chi connectivity index (χ0) is 19.8. The molecule has 0 aliphatic rings. The van der Waals surface area contributed by atoms with Crippen LogP contribution in [-0.2, 0) is 0 Å². The monoisotopic (exact) mass is 383 g/mol. The molecule has 3 N–H and O–H groups in total. The molecule has 10 heteroatoms. The van der Waals surface area contributed by atoms with Crippen molar-refractivity contribution in [1.29, 1.82) is 0 Å². The number of ether oxygens (including phenoxy) is 1. The Labute approximate surface area is 158 Å². The predicted octanol–water partition coefficient (Wildman–Crippen LogP) is 3.13. The lowest BCUT2D eigenvalue weighted by molar-refractivity contribution is 0.415. The third kappa shape index (κ3) is 3.15. The predicted molar refractivity (Wildman–Crippen MR) is 99.8 cm³/mol. The van der Waals surface area contributed by atoms with Gasteiger partial charge in [-0.05, 0) is 31.2 Å². The van der Waals surface area contributed by atoms with E-state index in [2.05, 4.69) is 25.3 Å². The van der Waals surface area contributed by atoms with E-state index in [1.165, 1.54) is 4.57 Å². The van der Waals surface area contributed by atoms with Crippen LogP contribution in [0.2, 0.25) is 0 Å². The van der Waals surface area contributed by atoms with Gasteiger partial charge in [-0.1, -0.05) is 0 Å². The van der Waals surface area contributed by atoms with Gasteiger partial charge in [0.25, 0.3) is 0 Å². The summed E-state index contributed by atoms with van der Waals surface area (Å²) in [6, 6.07) is 9.19. The lowest BCUT2D eigenvalue weighted by atomic mass is 10.3. The molecule has 142 valence electrons. The smallest absolute Gasteiger partial charge is 0.242 e. The number of methoxy groups -OCH3 is 1. The van der Waals surface area contributed by atoms with E-state index in [1.807, 2.05) is 0 Å². The number of halogens is 2. The Bertz CT molecular complexity index is 1170. The second-order valence-corrected chi connectivity index (χ2v) is 5.92. The lowest BCUT2D eigenvalue weighted by Gasteiger charge is -2.10. The molecule has 0 bridgehead atoms. The average molecular weight is 383 g/mol. The van der Waals surface area contributed by atoms with Crippen LogP contribution in [0.5, 0.6) is 5.75 Å². The Morgan fingerprint density at radius 3 is 2.43 bits per heavy atom. The SMILES string of the molecule is COc1ccc(Nc2nc(N)nc(-n3c(C)nc4cc(F)c(F)cc43)n2)cc1. The lowest BCUT2D eigenvalue weighted by Crippen LogP contribution is -2.10. The molecule has 0 unspecified atom stereocenters. The van der Waals surface area contributed by atoms with Crippen LogP contribution in [0.15, 0.2) is 36.4 Å². The fraction of sp³-hybridized carbons (Fsp3) is 0.111. The van der Waals surface area contributed by atoms with Gasteiger partial charge in [0.1, 0.15) is 11.6 Å². The van der Waals surface area contributed by atoms with Crippen LogP contribution in [0.1, 0.15) is 5.82 Å². The van der Waals surface area contributed by atoms with Gasteiger partial charge < -0.3 is 15.8 Å². The highest BCUT2D eigenvalue weighted by molar-refractivity contribution is 5.78. The summed E-state index contributed by atoms with van der Waals surface area (Å²) in [5, 5.41) is 3.02. The van der Waals surface area contributed by atoms with E-state index in [4.69, 9.17) is 10.5 Å². The van der Waals surface area contributed by atoms with Crippen LogP contribution in [0.25, 0.3) is 17.0 Å². The maximum atomic E-state index is 13.7. The molecular formula is C18H15F2N7O. The van der Waals surface area contributed by atoms with E-state index in [9.17, 15) is 8.78 Å². The number of rotatable bonds is 4. The largest absolute Gasteiger partial charge is 0.497 e. The second kappa shape index (κ2) is 6.72. The molecular weight excluding hydrogens is 368 g/mol. The standard InChI is InChI=1S/C18H15F2N7O/c1-9-22-14-7-12(19)13(20)8-15(14)27(9)18-25-16(21)24-17(26-18)23-10-3-5-11(28-2)6-4-10/h3-8H,1-2H3,(H3,21,23,24,25,26). The third-order valence-corrected chi connectivity index (χ3v) is 4.05. The summed E-state index contributed by atoms with van der Waals surface area (Å²) in [5.41, 5.74) is 7.12. The van der Waals surface area contributed by atoms with E-state index < -0.39 is 11.6 Å². The maximum Gasteiger partial charge on any atom is 0.242 e. The van der Waals surface area contributed by atoms with Gasteiger partial charge in [-0.15, -0.1) is 0 Å². The molecule has 2 aromatic carbocycles. The Morgan fingerprint density at radius 1 is 1.00 bits per heavy atom. The summed E-state index contributed by atoms with van der Waals surface area (Å²) in [7, 11) is 1.58. The molecule has 4 rings (SSSR count). The van der Waals surface area contributed by atoms with Crippen molar-refractivity contribution < 1.29 is 13.5 Å². The molecule has 0 atom stereocenters. The minimum Gasteiger partial charge on any atom is -0.497 e. The normalized spacial score (nSPS) is 11.0. The van der Waals surface area contributed by atoms with Crippen LogP contribution in [0, 0.1) is 18.6 Å². The van der Waals surface area contributed by atoms with Crippen molar-refractivity contribution in [2.75, 3.05) is 18.2 Å².